The summed E-state index contributed by atoms with van der Waals surface area (Å²) < 4.78 is 0. The van der Waals surface area contributed by atoms with Crippen molar-refractivity contribution in [2.24, 2.45) is 11.5 Å². The van der Waals surface area contributed by atoms with Gasteiger partial charge in [0.15, 0.2) is 0 Å². The van der Waals surface area contributed by atoms with Gasteiger partial charge in [0, 0.05) is 17.6 Å². The Balaban J connectivity index is 0.00000144. The largest absolute Gasteiger partial charge is 0.330 e. The van der Waals surface area contributed by atoms with Gasteiger partial charge in [-0.3, -0.25) is 4.98 Å². The molecule has 1 heterocycles. The van der Waals surface area contributed by atoms with Crippen LogP contribution in [0.5, 0.6) is 0 Å². The number of aromatic nitrogens is 1. The topological polar surface area (TPSA) is 64.9 Å². The van der Waals surface area contributed by atoms with E-state index in [4.69, 9.17) is 11.5 Å². The minimum absolute atomic E-state index is 0. The number of pyridine rings is 1. The molecular formula is C13H18ClN3. The van der Waals surface area contributed by atoms with Gasteiger partial charge in [-0.15, -0.1) is 12.4 Å². The summed E-state index contributed by atoms with van der Waals surface area (Å²) in [4.78, 5) is 4.32. The molecule has 0 unspecified atom stereocenters. The normalized spacial score (nSPS) is 12.1. The molecule has 0 saturated heterocycles. The van der Waals surface area contributed by atoms with Crippen LogP contribution in [0.4, 0.5) is 0 Å². The van der Waals surface area contributed by atoms with Gasteiger partial charge in [-0.05, 0) is 37.1 Å². The molecule has 0 aliphatic carbocycles. The van der Waals surface area contributed by atoms with Crippen LogP contribution in [-0.4, -0.2) is 11.5 Å². The third-order valence-electron chi connectivity index (χ3n) is 2.80. The highest BCUT2D eigenvalue weighted by Gasteiger charge is 2.09. The molecule has 1 atom stereocenters. The lowest BCUT2D eigenvalue weighted by Gasteiger charge is -2.13. The van der Waals surface area contributed by atoms with Crippen molar-refractivity contribution in [1.82, 2.24) is 4.98 Å². The van der Waals surface area contributed by atoms with Crippen molar-refractivity contribution in [3.63, 3.8) is 0 Å². The highest BCUT2D eigenvalue weighted by Crippen LogP contribution is 2.23. The Bertz CT molecular complexity index is 468. The summed E-state index contributed by atoms with van der Waals surface area (Å²) in [5, 5.41) is 1.15. The Morgan fingerprint density at radius 2 is 1.94 bits per heavy atom. The SMILES string of the molecule is Cl.NCCC[C@H](N)c1ccnc2ccccc12. The van der Waals surface area contributed by atoms with Crippen LogP contribution in [0.25, 0.3) is 10.9 Å². The van der Waals surface area contributed by atoms with Gasteiger partial charge < -0.3 is 11.5 Å². The van der Waals surface area contributed by atoms with Crippen molar-refractivity contribution in [3.8, 4) is 0 Å². The second kappa shape index (κ2) is 6.55. The third kappa shape index (κ3) is 3.16. The number of hydrogen-bond acceptors (Lipinski definition) is 3. The average molecular weight is 252 g/mol. The van der Waals surface area contributed by atoms with Crippen molar-refractivity contribution >= 4 is 23.3 Å². The predicted molar refractivity (Wildman–Crippen MR) is 74.2 cm³/mol. The van der Waals surface area contributed by atoms with Gasteiger partial charge >= 0.3 is 0 Å². The monoisotopic (exact) mass is 251 g/mol. The molecule has 0 bridgehead atoms. The number of rotatable bonds is 4. The predicted octanol–water partition coefficient (Wildman–Crippen LogP) is 2.40. The van der Waals surface area contributed by atoms with Crippen molar-refractivity contribution in [2.75, 3.05) is 6.54 Å². The molecular weight excluding hydrogens is 234 g/mol. The number of nitrogens with zero attached hydrogens (tertiary/aromatic N) is 1. The lowest BCUT2D eigenvalue weighted by molar-refractivity contribution is 0.621. The Labute approximate surface area is 108 Å². The van der Waals surface area contributed by atoms with Crippen LogP contribution in [-0.2, 0) is 0 Å². The summed E-state index contributed by atoms with van der Waals surface area (Å²) in [6.07, 6.45) is 3.70. The summed E-state index contributed by atoms with van der Waals surface area (Å²) in [7, 11) is 0. The van der Waals surface area contributed by atoms with Crippen LogP contribution in [0.15, 0.2) is 36.5 Å². The smallest absolute Gasteiger partial charge is 0.0705 e. The molecule has 0 aliphatic rings. The molecule has 2 aromatic rings. The van der Waals surface area contributed by atoms with Gasteiger partial charge in [-0.25, -0.2) is 0 Å². The van der Waals surface area contributed by atoms with E-state index < -0.39 is 0 Å². The van der Waals surface area contributed by atoms with E-state index >= 15 is 0 Å². The Hall–Kier alpha value is -1.16. The van der Waals surface area contributed by atoms with E-state index in [9.17, 15) is 0 Å². The van der Waals surface area contributed by atoms with Gasteiger partial charge in [0.1, 0.15) is 0 Å². The Morgan fingerprint density at radius 1 is 1.18 bits per heavy atom. The average Bonchev–Trinajstić information content (AvgIpc) is 2.35. The molecule has 2 rings (SSSR count). The molecule has 92 valence electrons. The van der Waals surface area contributed by atoms with Crippen molar-refractivity contribution in [1.29, 1.82) is 0 Å². The maximum Gasteiger partial charge on any atom is 0.0705 e. The van der Waals surface area contributed by atoms with Gasteiger partial charge in [-0.2, -0.15) is 0 Å². The van der Waals surface area contributed by atoms with Crippen molar-refractivity contribution in [2.45, 2.75) is 18.9 Å². The van der Waals surface area contributed by atoms with E-state index in [-0.39, 0.29) is 18.4 Å². The van der Waals surface area contributed by atoms with E-state index in [1.807, 2.05) is 30.5 Å². The number of para-hydroxylation sites is 1. The standard InChI is InChI=1S/C13H17N3.ClH/c14-8-3-5-12(15)10-7-9-16-13-6-2-1-4-11(10)13;/h1-2,4,6-7,9,12H,3,5,8,14-15H2;1H/t12-;/m0./s1. The maximum absolute atomic E-state index is 6.16. The summed E-state index contributed by atoms with van der Waals surface area (Å²) >= 11 is 0. The first-order valence-electron chi connectivity index (χ1n) is 5.62. The lowest BCUT2D eigenvalue weighted by Crippen LogP contribution is -2.13. The van der Waals surface area contributed by atoms with Gasteiger partial charge in [-0.1, -0.05) is 18.2 Å². The quantitative estimate of drug-likeness (QED) is 0.877. The van der Waals surface area contributed by atoms with Crippen LogP contribution in [0.2, 0.25) is 0 Å². The van der Waals surface area contributed by atoms with Gasteiger partial charge in [0.25, 0.3) is 0 Å². The number of benzene rings is 1. The number of halogens is 1. The molecule has 3 nitrogen and oxygen atoms in total. The molecule has 4 heteroatoms. The highest BCUT2D eigenvalue weighted by molar-refractivity contribution is 5.85. The molecule has 0 saturated carbocycles. The molecule has 0 radical (unpaired) electrons. The fourth-order valence-corrected chi connectivity index (χ4v) is 1.93. The molecule has 1 aromatic heterocycles. The third-order valence-corrected chi connectivity index (χ3v) is 2.80. The van der Waals surface area contributed by atoms with Gasteiger partial charge in [0.2, 0.25) is 0 Å². The zero-order chi connectivity index (χ0) is 11.4. The van der Waals surface area contributed by atoms with Gasteiger partial charge in [0.05, 0.1) is 5.52 Å². The zero-order valence-electron chi connectivity index (χ0n) is 9.67. The van der Waals surface area contributed by atoms with E-state index in [2.05, 4.69) is 11.1 Å². The lowest BCUT2D eigenvalue weighted by atomic mass is 9.99. The first-order valence-corrected chi connectivity index (χ1v) is 5.62. The molecule has 4 N–H and O–H groups in total. The molecule has 0 aliphatic heterocycles. The van der Waals surface area contributed by atoms with Crippen LogP contribution in [0, 0.1) is 0 Å². The molecule has 0 spiro atoms. The van der Waals surface area contributed by atoms with Crippen molar-refractivity contribution in [3.05, 3.63) is 42.1 Å². The molecule has 0 amide bonds. The summed E-state index contributed by atoms with van der Waals surface area (Å²) in [6, 6.07) is 10.1. The molecule has 0 fully saturated rings. The number of nitrogens with two attached hydrogens (primary N) is 2. The first kappa shape index (κ1) is 13.9. The fourth-order valence-electron chi connectivity index (χ4n) is 1.93. The summed E-state index contributed by atoms with van der Waals surface area (Å²) in [5.41, 5.74) is 13.8. The summed E-state index contributed by atoms with van der Waals surface area (Å²) in [5.74, 6) is 0. The second-order valence-electron chi connectivity index (χ2n) is 3.95. The minimum Gasteiger partial charge on any atom is -0.330 e. The Morgan fingerprint density at radius 3 is 2.71 bits per heavy atom. The van der Waals surface area contributed by atoms with E-state index in [1.165, 1.54) is 5.56 Å². The first-order chi connectivity index (χ1) is 7.83. The summed E-state index contributed by atoms with van der Waals surface area (Å²) in [6.45, 7) is 0.691. The number of hydrogen-bond donors (Lipinski definition) is 2. The fraction of sp³-hybridized carbons (Fsp3) is 0.308. The van der Waals surface area contributed by atoms with Crippen LogP contribution < -0.4 is 11.5 Å². The molecule has 1 aromatic carbocycles. The zero-order valence-corrected chi connectivity index (χ0v) is 10.5. The maximum atomic E-state index is 6.16. The molecule has 17 heavy (non-hydrogen) atoms. The second-order valence-corrected chi connectivity index (χ2v) is 3.95. The van der Waals surface area contributed by atoms with Crippen LogP contribution in [0.3, 0.4) is 0 Å². The number of fused-ring (bicyclic) bond motifs is 1. The van der Waals surface area contributed by atoms with Crippen molar-refractivity contribution < 1.29 is 0 Å². The minimum atomic E-state index is 0. The Kier molecular flexibility index (Phi) is 5.35. The van der Waals surface area contributed by atoms with Crippen LogP contribution >= 0.6 is 12.4 Å². The van der Waals surface area contributed by atoms with E-state index in [0.29, 0.717) is 6.54 Å². The van der Waals surface area contributed by atoms with Crippen LogP contribution in [0.1, 0.15) is 24.4 Å². The highest BCUT2D eigenvalue weighted by atomic mass is 35.5. The van der Waals surface area contributed by atoms with E-state index in [0.717, 1.165) is 23.7 Å². The van der Waals surface area contributed by atoms with E-state index in [1.54, 1.807) is 0 Å².